The minimum Gasteiger partial charge on any atom is -0.460 e. The van der Waals surface area contributed by atoms with Crippen molar-refractivity contribution in [3.8, 4) is 11.5 Å². The van der Waals surface area contributed by atoms with Gasteiger partial charge in [-0.2, -0.15) is 5.10 Å². The Labute approximate surface area is 125 Å². The lowest BCUT2D eigenvalue weighted by Gasteiger charge is -2.21. The highest BCUT2D eigenvalue weighted by atomic mass is 16.3. The van der Waals surface area contributed by atoms with Gasteiger partial charge in [-0.3, -0.25) is 5.10 Å². The molecule has 2 fully saturated rings. The van der Waals surface area contributed by atoms with E-state index in [-0.39, 0.29) is 0 Å². The molecule has 2 N–H and O–H groups in total. The first kappa shape index (κ1) is 13.1. The number of hydrogen-bond acceptors (Lipinski definition) is 3. The third kappa shape index (κ3) is 2.53. The summed E-state index contributed by atoms with van der Waals surface area (Å²) in [6.07, 6.45) is 7.76. The molecule has 2 saturated carbocycles. The molecule has 2 heterocycles. The lowest BCUT2D eigenvalue weighted by atomic mass is 9.89. The molecule has 112 valence electrons. The lowest BCUT2D eigenvalue weighted by Crippen LogP contribution is -2.26. The number of aromatic nitrogens is 2. The summed E-state index contributed by atoms with van der Waals surface area (Å²) in [7, 11) is 0. The van der Waals surface area contributed by atoms with E-state index in [1.807, 2.05) is 25.3 Å². The summed E-state index contributed by atoms with van der Waals surface area (Å²) in [5.74, 6) is 4.71. The second kappa shape index (κ2) is 5.34. The Hall–Kier alpha value is -1.55. The molecule has 0 saturated heterocycles. The van der Waals surface area contributed by atoms with E-state index in [0.29, 0.717) is 0 Å². The van der Waals surface area contributed by atoms with E-state index < -0.39 is 0 Å². The van der Waals surface area contributed by atoms with Gasteiger partial charge in [0.15, 0.2) is 5.76 Å². The molecule has 2 aromatic heterocycles. The minimum absolute atomic E-state index is 0.861. The van der Waals surface area contributed by atoms with Gasteiger partial charge in [0, 0.05) is 12.1 Å². The van der Waals surface area contributed by atoms with Crippen LogP contribution in [-0.2, 0) is 6.54 Å². The highest BCUT2D eigenvalue weighted by Crippen LogP contribution is 2.47. The van der Waals surface area contributed by atoms with Crippen molar-refractivity contribution in [2.45, 2.75) is 39.2 Å². The summed E-state index contributed by atoms with van der Waals surface area (Å²) >= 11 is 0. The van der Waals surface area contributed by atoms with Crippen molar-refractivity contribution >= 4 is 0 Å². The quantitative estimate of drug-likeness (QED) is 0.884. The zero-order valence-electron chi connectivity index (χ0n) is 12.6. The van der Waals surface area contributed by atoms with Gasteiger partial charge in [0.25, 0.3) is 0 Å². The summed E-state index contributed by atoms with van der Waals surface area (Å²) in [5, 5.41) is 10.9. The third-order valence-corrected chi connectivity index (χ3v) is 5.31. The number of hydrogen-bond donors (Lipinski definition) is 2. The van der Waals surface area contributed by atoms with Gasteiger partial charge >= 0.3 is 0 Å². The van der Waals surface area contributed by atoms with Crippen molar-refractivity contribution in [2.75, 3.05) is 6.54 Å². The predicted octanol–water partition coefficient (Wildman–Crippen LogP) is 3.50. The number of fused-ring (bicyclic) bond motifs is 2. The maximum Gasteiger partial charge on any atom is 0.152 e. The molecular formula is C17H23N3O. The number of nitrogens with zero attached hydrogens (tertiary/aromatic N) is 1. The van der Waals surface area contributed by atoms with Crippen LogP contribution in [0.3, 0.4) is 0 Å². The van der Waals surface area contributed by atoms with Crippen LogP contribution < -0.4 is 5.32 Å². The molecule has 4 nitrogen and oxygen atoms in total. The fourth-order valence-electron chi connectivity index (χ4n) is 4.25. The molecule has 0 aliphatic heterocycles. The normalized spacial score (nSPS) is 27.6. The fourth-order valence-corrected chi connectivity index (χ4v) is 4.25. The van der Waals surface area contributed by atoms with E-state index in [1.165, 1.54) is 31.2 Å². The van der Waals surface area contributed by atoms with Crippen molar-refractivity contribution in [3.05, 3.63) is 29.7 Å². The van der Waals surface area contributed by atoms with Gasteiger partial charge in [0.1, 0.15) is 11.5 Å². The first-order valence-electron chi connectivity index (χ1n) is 8.09. The molecular weight excluding hydrogens is 262 g/mol. The van der Waals surface area contributed by atoms with Crippen molar-refractivity contribution in [1.82, 2.24) is 15.5 Å². The fraction of sp³-hybridized carbons (Fsp3) is 0.588. The Morgan fingerprint density at radius 1 is 1.33 bits per heavy atom. The van der Waals surface area contributed by atoms with E-state index in [1.54, 1.807) is 0 Å². The van der Waals surface area contributed by atoms with Crippen LogP contribution in [-0.4, -0.2) is 16.7 Å². The molecule has 0 spiro atoms. The molecule has 3 atom stereocenters. The van der Waals surface area contributed by atoms with Gasteiger partial charge in [-0.1, -0.05) is 6.42 Å². The maximum atomic E-state index is 5.69. The molecule has 21 heavy (non-hydrogen) atoms. The van der Waals surface area contributed by atoms with Crippen molar-refractivity contribution < 1.29 is 4.42 Å². The SMILES string of the molecule is Cc1ccc(-c2[nH]ncc2CNCC2CC3CCC2C3)o1. The molecule has 2 aliphatic rings. The monoisotopic (exact) mass is 285 g/mol. The van der Waals surface area contributed by atoms with Gasteiger partial charge in [-0.25, -0.2) is 0 Å². The second-order valence-electron chi connectivity index (χ2n) is 6.75. The summed E-state index contributed by atoms with van der Waals surface area (Å²) in [6, 6.07) is 3.99. The molecule has 0 amide bonds. The van der Waals surface area contributed by atoms with Crippen LogP contribution in [0, 0.1) is 24.7 Å². The summed E-state index contributed by atoms with van der Waals surface area (Å²) in [6.45, 7) is 3.97. The Morgan fingerprint density at radius 3 is 3.00 bits per heavy atom. The topological polar surface area (TPSA) is 53.9 Å². The van der Waals surface area contributed by atoms with E-state index in [9.17, 15) is 0 Å². The Balaban J connectivity index is 1.36. The number of H-pyrrole nitrogens is 1. The first-order valence-corrected chi connectivity index (χ1v) is 8.09. The standard InChI is InChI=1S/C17H23N3O/c1-11-2-5-16(21-11)17-15(10-19-20-17)9-18-8-14-7-12-3-4-13(14)6-12/h2,5,10,12-14,18H,3-4,6-9H2,1H3,(H,19,20). The summed E-state index contributed by atoms with van der Waals surface area (Å²) in [4.78, 5) is 0. The van der Waals surface area contributed by atoms with Crippen LogP contribution in [0.4, 0.5) is 0 Å². The number of furan rings is 1. The van der Waals surface area contributed by atoms with Crippen LogP contribution in [0.1, 0.15) is 37.0 Å². The van der Waals surface area contributed by atoms with E-state index in [4.69, 9.17) is 4.42 Å². The van der Waals surface area contributed by atoms with Gasteiger partial charge in [-0.05, 0) is 62.6 Å². The Bertz CT molecular complexity index is 615. The number of aryl methyl sites for hydroxylation is 1. The average Bonchev–Trinajstić information content (AvgIpc) is 3.21. The van der Waals surface area contributed by atoms with Gasteiger partial charge in [0.05, 0.1) is 6.20 Å². The van der Waals surface area contributed by atoms with Crippen molar-refractivity contribution in [1.29, 1.82) is 0 Å². The molecule has 2 aliphatic carbocycles. The summed E-state index contributed by atoms with van der Waals surface area (Å²) in [5.41, 5.74) is 2.19. The average molecular weight is 285 g/mol. The molecule has 2 aromatic rings. The zero-order chi connectivity index (χ0) is 14.2. The number of rotatable bonds is 5. The first-order chi connectivity index (χ1) is 10.3. The summed E-state index contributed by atoms with van der Waals surface area (Å²) < 4.78 is 5.69. The largest absolute Gasteiger partial charge is 0.460 e. The highest BCUT2D eigenvalue weighted by molar-refractivity contribution is 5.56. The van der Waals surface area contributed by atoms with Crippen LogP contribution >= 0.6 is 0 Å². The highest BCUT2D eigenvalue weighted by Gasteiger charge is 2.38. The van der Waals surface area contributed by atoms with Crippen molar-refractivity contribution in [3.63, 3.8) is 0 Å². The van der Waals surface area contributed by atoms with Crippen molar-refractivity contribution in [2.24, 2.45) is 17.8 Å². The van der Waals surface area contributed by atoms with Crippen LogP contribution in [0.2, 0.25) is 0 Å². The molecule has 0 aromatic carbocycles. The van der Waals surface area contributed by atoms with Gasteiger partial charge in [0.2, 0.25) is 0 Å². The smallest absolute Gasteiger partial charge is 0.152 e. The molecule has 0 radical (unpaired) electrons. The van der Waals surface area contributed by atoms with Gasteiger partial charge < -0.3 is 9.73 Å². The molecule has 4 heteroatoms. The Morgan fingerprint density at radius 2 is 2.29 bits per heavy atom. The maximum absolute atomic E-state index is 5.69. The zero-order valence-corrected chi connectivity index (χ0v) is 12.6. The van der Waals surface area contributed by atoms with E-state index in [0.717, 1.165) is 48.1 Å². The Kier molecular flexibility index (Phi) is 3.34. The number of nitrogens with one attached hydrogen (secondary N) is 2. The molecule has 4 rings (SSSR count). The van der Waals surface area contributed by atoms with E-state index in [2.05, 4.69) is 15.5 Å². The van der Waals surface area contributed by atoms with Gasteiger partial charge in [-0.15, -0.1) is 0 Å². The second-order valence-corrected chi connectivity index (χ2v) is 6.75. The molecule has 2 bridgehead atoms. The third-order valence-electron chi connectivity index (χ3n) is 5.31. The molecule has 3 unspecified atom stereocenters. The lowest BCUT2D eigenvalue weighted by molar-refractivity contribution is 0.318. The minimum atomic E-state index is 0.861. The van der Waals surface area contributed by atoms with Crippen LogP contribution in [0.5, 0.6) is 0 Å². The predicted molar refractivity (Wildman–Crippen MR) is 81.7 cm³/mol. The van der Waals surface area contributed by atoms with E-state index >= 15 is 0 Å². The number of aromatic amines is 1. The van der Waals surface area contributed by atoms with Crippen LogP contribution in [0.25, 0.3) is 11.5 Å². The van der Waals surface area contributed by atoms with Crippen LogP contribution in [0.15, 0.2) is 22.7 Å².